The van der Waals surface area contributed by atoms with E-state index in [1.54, 1.807) is 19.1 Å². The number of amides is 1. The van der Waals surface area contributed by atoms with Crippen LogP contribution in [0.15, 0.2) is 12.3 Å². The van der Waals surface area contributed by atoms with Crippen molar-refractivity contribution in [2.75, 3.05) is 26.2 Å². The number of hydrogen-bond acceptors (Lipinski definition) is 5. The molecular formula is C11H17ClN4O2. The molecule has 0 radical (unpaired) electrons. The van der Waals surface area contributed by atoms with E-state index in [1.807, 2.05) is 6.92 Å². The van der Waals surface area contributed by atoms with Crippen LogP contribution in [-0.2, 0) is 4.74 Å². The molecule has 0 bridgehead atoms. The Bertz CT molecular complexity index is 428. The molecule has 0 aromatic carbocycles. The topological polar surface area (TPSA) is 80.5 Å². The van der Waals surface area contributed by atoms with Gasteiger partial charge in [0.25, 0.3) is 5.91 Å². The summed E-state index contributed by atoms with van der Waals surface area (Å²) in [5.74, 6) is 5.38. The van der Waals surface area contributed by atoms with Crippen molar-refractivity contribution < 1.29 is 9.53 Å². The minimum atomic E-state index is -0.169. The van der Waals surface area contributed by atoms with Crippen LogP contribution in [0.2, 0.25) is 5.02 Å². The lowest BCUT2D eigenvalue weighted by atomic mass is 10.2. The van der Waals surface area contributed by atoms with E-state index in [4.69, 9.17) is 22.2 Å². The third-order valence-electron chi connectivity index (χ3n) is 2.61. The summed E-state index contributed by atoms with van der Waals surface area (Å²) in [6.07, 6.45) is 1.43. The number of halogens is 1. The molecule has 0 aliphatic rings. The van der Waals surface area contributed by atoms with Crippen LogP contribution in [0.3, 0.4) is 0 Å². The lowest BCUT2D eigenvalue weighted by molar-refractivity contribution is 0.0633. The van der Waals surface area contributed by atoms with Crippen molar-refractivity contribution in [1.29, 1.82) is 0 Å². The first-order valence-corrected chi connectivity index (χ1v) is 5.77. The molecule has 1 aromatic rings. The van der Waals surface area contributed by atoms with E-state index < -0.39 is 0 Å². The van der Waals surface area contributed by atoms with Gasteiger partial charge in [0.15, 0.2) is 5.82 Å². The van der Waals surface area contributed by atoms with Crippen LogP contribution in [0, 0.1) is 0 Å². The summed E-state index contributed by atoms with van der Waals surface area (Å²) in [5, 5.41) is 0.302. The first-order valence-electron chi connectivity index (χ1n) is 5.39. The first-order chi connectivity index (χ1) is 8.51. The van der Waals surface area contributed by atoms with Crippen molar-refractivity contribution >= 4 is 23.3 Å². The van der Waals surface area contributed by atoms with Gasteiger partial charge in [0, 0.05) is 20.4 Å². The quantitative estimate of drug-likeness (QED) is 0.620. The van der Waals surface area contributed by atoms with Crippen molar-refractivity contribution in [2.24, 2.45) is 5.84 Å². The van der Waals surface area contributed by atoms with E-state index >= 15 is 0 Å². The molecule has 3 N–H and O–H groups in total. The zero-order valence-electron chi connectivity index (χ0n) is 10.6. The molecule has 0 spiro atoms. The monoisotopic (exact) mass is 272 g/mol. The number of hydrogen-bond donors (Lipinski definition) is 2. The third-order valence-corrected chi connectivity index (χ3v) is 2.90. The highest BCUT2D eigenvalue weighted by molar-refractivity contribution is 6.33. The average Bonchev–Trinajstić information content (AvgIpc) is 2.37. The molecule has 0 saturated carbocycles. The van der Waals surface area contributed by atoms with Gasteiger partial charge in [-0.1, -0.05) is 11.6 Å². The number of aromatic nitrogens is 1. The molecule has 18 heavy (non-hydrogen) atoms. The number of nitrogen functional groups attached to an aromatic ring is 1. The molecule has 1 aromatic heterocycles. The highest BCUT2D eigenvalue weighted by Crippen LogP contribution is 2.20. The number of ether oxygens (including phenoxy) is 1. The smallest absolute Gasteiger partial charge is 0.255 e. The van der Waals surface area contributed by atoms with Crippen molar-refractivity contribution in [1.82, 2.24) is 9.88 Å². The van der Waals surface area contributed by atoms with Crippen LogP contribution in [-0.4, -0.2) is 42.6 Å². The summed E-state index contributed by atoms with van der Waals surface area (Å²) in [7, 11) is 3.30. The van der Waals surface area contributed by atoms with Crippen LogP contribution in [0.4, 0.5) is 5.82 Å². The molecule has 0 saturated heterocycles. The normalized spacial score (nSPS) is 12.1. The van der Waals surface area contributed by atoms with E-state index in [2.05, 4.69) is 10.4 Å². The standard InChI is InChI=1S/C11H17ClN4O2/c1-7(6-18-3)16(2)11(17)8-4-9(12)10(15-13)14-5-8/h4-5,7H,6,13H2,1-3H3,(H,14,15). The fraction of sp³-hybridized carbons (Fsp3) is 0.455. The van der Waals surface area contributed by atoms with Crippen molar-refractivity contribution in [3.05, 3.63) is 22.8 Å². The SMILES string of the molecule is COCC(C)N(C)C(=O)c1cnc(NN)c(Cl)c1. The molecule has 0 aliphatic heterocycles. The van der Waals surface area contributed by atoms with Crippen molar-refractivity contribution in [3.8, 4) is 0 Å². The Morgan fingerprint density at radius 1 is 1.72 bits per heavy atom. The zero-order chi connectivity index (χ0) is 13.7. The van der Waals surface area contributed by atoms with Gasteiger partial charge in [-0.3, -0.25) is 4.79 Å². The largest absolute Gasteiger partial charge is 0.383 e. The Morgan fingerprint density at radius 3 is 2.89 bits per heavy atom. The molecule has 1 atom stereocenters. The third kappa shape index (κ3) is 3.32. The highest BCUT2D eigenvalue weighted by atomic mass is 35.5. The maximum absolute atomic E-state index is 12.1. The van der Waals surface area contributed by atoms with Crippen LogP contribution < -0.4 is 11.3 Å². The fourth-order valence-electron chi connectivity index (χ4n) is 1.42. The summed E-state index contributed by atoms with van der Waals surface area (Å²) in [6, 6.07) is 1.50. The highest BCUT2D eigenvalue weighted by Gasteiger charge is 2.18. The second-order valence-corrected chi connectivity index (χ2v) is 4.33. The maximum Gasteiger partial charge on any atom is 0.255 e. The number of likely N-dealkylation sites (N-methyl/N-ethyl adjacent to an activating group) is 1. The summed E-state index contributed by atoms with van der Waals surface area (Å²) >= 11 is 5.92. The maximum atomic E-state index is 12.1. The van der Waals surface area contributed by atoms with Gasteiger partial charge in [-0.25, -0.2) is 10.8 Å². The minimum absolute atomic E-state index is 0.0337. The number of pyridine rings is 1. The second-order valence-electron chi connectivity index (χ2n) is 3.92. The van der Waals surface area contributed by atoms with Crippen LogP contribution in [0.1, 0.15) is 17.3 Å². The van der Waals surface area contributed by atoms with Crippen LogP contribution in [0.5, 0.6) is 0 Å². The van der Waals surface area contributed by atoms with Crippen molar-refractivity contribution in [3.63, 3.8) is 0 Å². The van der Waals surface area contributed by atoms with E-state index in [1.165, 1.54) is 12.3 Å². The van der Waals surface area contributed by atoms with Crippen molar-refractivity contribution in [2.45, 2.75) is 13.0 Å². The molecule has 0 fully saturated rings. The van der Waals surface area contributed by atoms with Crippen LogP contribution >= 0.6 is 11.6 Å². The number of carbonyl (C=O) groups excluding carboxylic acids is 1. The zero-order valence-corrected chi connectivity index (χ0v) is 11.4. The first kappa shape index (κ1) is 14.7. The molecule has 0 aliphatic carbocycles. The molecule has 6 nitrogen and oxygen atoms in total. The molecular weight excluding hydrogens is 256 g/mol. The van der Waals surface area contributed by atoms with Gasteiger partial charge in [-0.05, 0) is 13.0 Å². The Labute approximate surface area is 111 Å². The molecule has 7 heteroatoms. The number of nitrogens with zero attached hydrogens (tertiary/aromatic N) is 2. The Balaban J connectivity index is 2.87. The summed E-state index contributed by atoms with van der Waals surface area (Å²) in [5.41, 5.74) is 2.75. The number of carbonyl (C=O) groups is 1. The molecule has 1 unspecified atom stereocenters. The summed E-state index contributed by atoms with van der Waals surface area (Å²) < 4.78 is 5.01. The Hall–Kier alpha value is -1.37. The predicted molar refractivity (Wildman–Crippen MR) is 70.5 cm³/mol. The van der Waals surface area contributed by atoms with E-state index in [-0.39, 0.29) is 11.9 Å². The lowest BCUT2D eigenvalue weighted by Gasteiger charge is -2.24. The minimum Gasteiger partial charge on any atom is -0.383 e. The van der Waals surface area contributed by atoms with Gasteiger partial charge < -0.3 is 15.1 Å². The lowest BCUT2D eigenvalue weighted by Crippen LogP contribution is -2.37. The Morgan fingerprint density at radius 2 is 2.39 bits per heavy atom. The van der Waals surface area contributed by atoms with Gasteiger partial charge in [0.2, 0.25) is 0 Å². The summed E-state index contributed by atoms with van der Waals surface area (Å²) in [4.78, 5) is 17.7. The van der Waals surface area contributed by atoms with Gasteiger partial charge in [-0.15, -0.1) is 0 Å². The van der Waals surface area contributed by atoms with Gasteiger partial charge in [-0.2, -0.15) is 0 Å². The second kappa shape index (κ2) is 6.53. The average molecular weight is 273 g/mol. The summed E-state index contributed by atoms with van der Waals surface area (Å²) in [6.45, 7) is 2.36. The number of nitrogens with one attached hydrogen (secondary N) is 1. The van der Waals surface area contributed by atoms with E-state index in [0.29, 0.717) is 23.0 Å². The van der Waals surface area contributed by atoms with Gasteiger partial charge in [0.1, 0.15) is 0 Å². The molecule has 1 heterocycles. The number of nitrogens with two attached hydrogens (primary N) is 1. The number of rotatable bonds is 5. The van der Waals surface area contributed by atoms with Gasteiger partial charge in [0.05, 0.1) is 23.2 Å². The van der Waals surface area contributed by atoms with Crippen LogP contribution in [0.25, 0.3) is 0 Å². The fourth-order valence-corrected chi connectivity index (χ4v) is 1.64. The number of hydrazine groups is 1. The van der Waals surface area contributed by atoms with E-state index in [0.717, 1.165) is 0 Å². The number of methoxy groups -OCH3 is 1. The number of anilines is 1. The van der Waals surface area contributed by atoms with E-state index in [9.17, 15) is 4.79 Å². The molecule has 100 valence electrons. The predicted octanol–water partition coefficient (Wildman–Crippen LogP) is 1.13. The molecule has 1 rings (SSSR count). The van der Waals surface area contributed by atoms with Gasteiger partial charge >= 0.3 is 0 Å². The Kier molecular flexibility index (Phi) is 5.33. The molecule has 1 amide bonds.